The summed E-state index contributed by atoms with van der Waals surface area (Å²) in [5.74, 6) is 0.339. The summed E-state index contributed by atoms with van der Waals surface area (Å²) in [7, 11) is 1.57. The number of para-hydroxylation sites is 1. The number of benzene rings is 2. The summed E-state index contributed by atoms with van der Waals surface area (Å²) in [6.07, 6.45) is 2.91. The van der Waals surface area contributed by atoms with Crippen molar-refractivity contribution in [2.75, 3.05) is 7.11 Å². The zero-order valence-corrected chi connectivity index (χ0v) is 12.7. The summed E-state index contributed by atoms with van der Waals surface area (Å²) >= 11 is 11.8. The largest absolute Gasteiger partial charge is 0.496 e. The first-order valence-electron chi connectivity index (χ1n) is 6.08. The van der Waals surface area contributed by atoms with Gasteiger partial charge in [-0.1, -0.05) is 47.5 Å². The van der Waals surface area contributed by atoms with Gasteiger partial charge in [-0.15, -0.1) is 0 Å². The van der Waals surface area contributed by atoms with Crippen molar-refractivity contribution in [2.45, 2.75) is 0 Å². The summed E-state index contributed by atoms with van der Waals surface area (Å²) < 4.78 is 10.3. The average molecular weight is 323 g/mol. The lowest BCUT2D eigenvalue weighted by molar-refractivity contribution is -0.128. The molecule has 2 aromatic rings. The number of rotatable bonds is 4. The number of esters is 1. The molecule has 0 radical (unpaired) electrons. The van der Waals surface area contributed by atoms with Gasteiger partial charge in [-0.25, -0.2) is 4.79 Å². The predicted molar refractivity (Wildman–Crippen MR) is 84.1 cm³/mol. The molecular weight excluding hydrogens is 311 g/mol. The van der Waals surface area contributed by atoms with Crippen LogP contribution < -0.4 is 9.47 Å². The van der Waals surface area contributed by atoms with Crippen LogP contribution in [-0.2, 0) is 4.79 Å². The third kappa shape index (κ3) is 4.00. The first kappa shape index (κ1) is 15.4. The molecule has 108 valence electrons. The van der Waals surface area contributed by atoms with E-state index in [1.807, 2.05) is 18.2 Å². The van der Waals surface area contributed by atoms with Gasteiger partial charge in [0.15, 0.2) is 5.75 Å². The van der Waals surface area contributed by atoms with Crippen LogP contribution in [0.25, 0.3) is 6.08 Å². The van der Waals surface area contributed by atoms with E-state index in [2.05, 4.69) is 0 Å². The van der Waals surface area contributed by atoms with Crippen molar-refractivity contribution in [1.82, 2.24) is 0 Å². The minimum atomic E-state index is -0.551. The van der Waals surface area contributed by atoms with E-state index < -0.39 is 5.97 Å². The van der Waals surface area contributed by atoms with Gasteiger partial charge in [-0.05, 0) is 24.3 Å². The molecule has 2 rings (SSSR count). The van der Waals surface area contributed by atoms with Crippen LogP contribution in [-0.4, -0.2) is 13.1 Å². The highest BCUT2D eigenvalue weighted by atomic mass is 35.5. The standard InChI is InChI=1S/C16H12Cl2O3/c1-20-13-7-3-2-5-11(13)9-10-15(19)21-14-8-4-6-12(17)16(14)18/h2-10H,1H3/b10-9+. The van der Waals surface area contributed by atoms with E-state index in [1.165, 1.54) is 6.08 Å². The Morgan fingerprint density at radius 2 is 1.76 bits per heavy atom. The topological polar surface area (TPSA) is 35.5 Å². The fourth-order valence-corrected chi connectivity index (χ4v) is 2.00. The van der Waals surface area contributed by atoms with Crippen LogP contribution in [0, 0.1) is 0 Å². The van der Waals surface area contributed by atoms with Crippen LogP contribution in [0.2, 0.25) is 10.0 Å². The molecule has 3 nitrogen and oxygen atoms in total. The number of carbonyl (C=O) groups excluding carboxylic acids is 1. The summed E-state index contributed by atoms with van der Waals surface area (Å²) in [5, 5.41) is 0.536. The van der Waals surface area contributed by atoms with Gasteiger partial charge < -0.3 is 9.47 Å². The summed E-state index contributed by atoms with van der Waals surface area (Å²) in [4.78, 5) is 11.8. The molecule has 0 heterocycles. The lowest BCUT2D eigenvalue weighted by Gasteiger charge is -2.05. The van der Waals surface area contributed by atoms with Crippen molar-refractivity contribution in [1.29, 1.82) is 0 Å². The molecule has 0 saturated heterocycles. The molecule has 0 unspecified atom stereocenters. The van der Waals surface area contributed by atoms with Gasteiger partial charge in [0.2, 0.25) is 0 Å². The van der Waals surface area contributed by atoms with Crippen LogP contribution in [0.4, 0.5) is 0 Å². The minimum Gasteiger partial charge on any atom is -0.496 e. The molecule has 0 aliphatic heterocycles. The number of carbonyl (C=O) groups is 1. The molecule has 0 spiro atoms. The van der Waals surface area contributed by atoms with Crippen LogP contribution >= 0.6 is 23.2 Å². The molecule has 0 N–H and O–H groups in total. The van der Waals surface area contributed by atoms with Crippen molar-refractivity contribution in [3.05, 3.63) is 64.1 Å². The molecule has 0 aromatic heterocycles. The van der Waals surface area contributed by atoms with Crippen LogP contribution in [0.5, 0.6) is 11.5 Å². The van der Waals surface area contributed by atoms with E-state index in [0.29, 0.717) is 10.8 Å². The zero-order chi connectivity index (χ0) is 15.2. The van der Waals surface area contributed by atoms with Gasteiger partial charge in [-0.3, -0.25) is 0 Å². The minimum absolute atomic E-state index is 0.207. The van der Waals surface area contributed by atoms with Crippen LogP contribution in [0.1, 0.15) is 5.56 Å². The second kappa shape index (κ2) is 7.16. The maximum atomic E-state index is 11.8. The molecule has 0 amide bonds. The Morgan fingerprint density at radius 1 is 1.05 bits per heavy atom. The Labute approximate surface area is 132 Å². The first-order chi connectivity index (χ1) is 10.1. The van der Waals surface area contributed by atoms with E-state index >= 15 is 0 Å². The van der Waals surface area contributed by atoms with Crippen molar-refractivity contribution in [3.63, 3.8) is 0 Å². The quantitative estimate of drug-likeness (QED) is 0.468. The zero-order valence-electron chi connectivity index (χ0n) is 11.2. The summed E-state index contributed by atoms with van der Waals surface area (Å²) in [6, 6.07) is 12.2. The van der Waals surface area contributed by atoms with E-state index in [1.54, 1.807) is 37.5 Å². The number of ether oxygens (including phenoxy) is 2. The van der Waals surface area contributed by atoms with Crippen molar-refractivity contribution in [2.24, 2.45) is 0 Å². The Morgan fingerprint density at radius 3 is 2.52 bits per heavy atom. The van der Waals surface area contributed by atoms with Crippen molar-refractivity contribution in [3.8, 4) is 11.5 Å². The Balaban J connectivity index is 2.11. The highest BCUT2D eigenvalue weighted by Crippen LogP contribution is 2.31. The van der Waals surface area contributed by atoms with Crippen molar-refractivity contribution >= 4 is 35.2 Å². The average Bonchev–Trinajstić information content (AvgIpc) is 2.50. The van der Waals surface area contributed by atoms with Gasteiger partial charge in [-0.2, -0.15) is 0 Å². The highest BCUT2D eigenvalue weighted by Gasteiger charge is 2.08. The van der Waals surface area contributed by atoms with Crippen LogP contribution in [0.3, 0.4) is 0 Å². The van der Waals surface area contributed by atoms with Crippen molar-refractivity contribution < 1.29 is 14.3 Å². The Kier molecular flexibility index (Phi) is 5.26. The monoisotopic (exact) mass is 322 g/mol. The third-order valence-corrected chi connectivity index (χ3v) is 3.47. The fraction of sp³-hybridized carbons (Fsp3) is 0.0625. The molecule has 21 heavy (non-hydrogen) atoms. The van der Waals surface area contributed by atoms with E-state index in [9.17, 15) is 4.79 Å². The molecule has 0 aliphatic rings. The highest BCUT2D eigenvalue weighted by molar-refractivity contribution is 6.43. The third-order valence-electron chi connectivity index (χ3n) is 2.66. The maximum absolute atomic E-state index is 11.8. The number of halogens is 2. The van der Waals surface area contributed by atoms with E-state index in [0.717, 1.165) is 5.56 Å². The molecule has 0 saturated carbocycles. The normalized spacial score (nSPS) is 10.6. The maximum Gasteiger partial charge on any atom is 0.336 e. The van der Waals surface area contributed by atoms with Gasteiger partial charge in [0.25, 0.3) is 0 Å². The van der Waals surface area contributed by atoms with E-state index in [-0.39, 0.29) is 10.8 Å². The smallest absolute Gasteiger partial charge is 0.336 e. The lowest BCUT2D eigenvalue weighted by Crippen LogP contribution is -2.04. The molecule has 0 fully saturated rings. The van der Waals surface area contributed by atoms with Gasteiger partial charge >= 0.3 is 5.97 Å². The van der Waals surface area contributed by atoms with E-state index in [4.69, 9.17) is 32.7 Å². The SMILES string of the molecule is COc1ccccc1/C=C/C(=O)Oc1cccc(Cl)c1Cl. The molecular formula is C16H12Cl2O3. The number of hydrogen-bond acceptors (Lipinski definition) is 3. The lowest BCUT2D eigenvalue weighted by atomic mass is 10.2. The van der Waals surface area contributed by atoms with Gasteiger partial charge in [0.05, 0.1) is 12.1 Å². The van der Waals surface area contributed by atoms with Gasteiger partial charge in [0.1, 0.15) is 10.8 Å². The Hall–Kier alpha value is -1.97. The predicted octanol–water partition coefficient (Wildman–Crippen LogP) is 4.62. The number of hydrogen-bond donors (Lipinski definition) is 0. The first-order valence-corrected chi connectivity index (χ1v) is 6.84. The molecule has 0 atom stereocenters. The molecule has 2 aromatic carbocycles. The molecule has 0 aliphatic carbocycles. The fourth-order valence-electron chi connectivity index (χ4n) is 1.67. The second-order valence-electron chi connectivity index (χ2n) is 4.05. The van der Waals surface area contributed by atoms with Gasteiger partial charge in [0, 0.05) is 11.6 Å². The second-order valence-corrected chi connectivity index (χ2v) is 4.83. The molecule has 5 heteroatoms. The van der Waals surface area contributed by atoms with Crippen LogP contribution in [0.15, 0.2) is 48.5 Å². The number of methoxy groups -OCH3 is 1. The summed E-state index contributed by atoms with van der Waals surface area (Å²) in [5.41, 5.74) is 0.772. The molecule has 0 bridgehead atoms. The Bertz CT molecular complexity index is 681. The summed E-state index contributed by atoms with van der Waals surface area (Å²) in [6.45, 7) is 0.